The number of aromatic nitrogens is 2. The van der Waals surface area contributed by atoms with Crippen LogP contribution in [0.2, 0.25) is 0 Å². The van der Waals surface area contributed by atoms with Gasteiger partial charge < -0.3 is 10.2 Å². The topological polar surface area (TPSA) is 45.5 Å². The van der Waals surface area contributed by atoms with Crippen molar-refractivity contribution in [2.24, 2.45) is 18.0 Å². The van der Waals surface area contributed by atoms with E-state index in [1.807, 2.05) is 30.5 Å². The molecule has 0 bridgehead atoms. The molecule has 1 atom stereocenters. The number of rotatable bonds is 6. The fraction of sp³-hybridized carbons (Fsp3) is 0.524. The third kappa shape index (κ3) is 5.89. The number of aliphatic imine (C=N–C) groups is 1. The molecule has 1 saturated heterocycles. The number of hydrogen-bond donors (Lipinski definition) is 1. The first-order valence-corrected chi connectivity index (χ1v) is 10.7. The lowest BCUT2D eigenvalue weighted by Crippen LogP contribution is -2.41. The zero-order chi connectivity index (χ0) is 19.2. The van der Waals surface area contributed by atoms with Crippen molar-refractivity contribution in [3.8, 4) is 0 Å². The molecule has 28 heavy (non-hydrogen) atoms. The monoisotopic (exact) mass is 513 g/mol. The number of benzene rings is 1. The molecular weight excluding hydrogens is 481 g/mol. The van der Waals surface area contributed by atoms with Crippen molar-refractivity contribution in [3.63, 3.8) is 0 Å². The fourth-order valence-corrected chi connectivity index (χ4v) is 4.75. The zero-order valence-electron chi connectivity index (χ0n) is 17.3. The third-order valence-corrected chi connectivity index (χ3v) is 6.59. The van der Waals surface area contributed by atoms with Gasteiger partial charge in [0.15, 0.2) is 5.96 Å². The summed E-state index contributed by atoms with van der Waals surface area (Å²) in [6.45, 7) is 7.29. The molecule has 0 amide bonds. The predicted octanol–water partition coefficient (Wildman–Crippen LogP) is 3.89. The minimum absolute atomic E-state index is 0. The van der Waals surface area contributed by atoms with Gasteiger partial charge in [-0.15, -0.1) is 35.7 Å². The molecule has 1 N–H and O–H groups in total. The number of hydrogen-bond acceptors (Lipinski definition) is 3. The first kappa shape index (κ1) is 23.1. The number of aryl methyl sites for hydroxylation is 2. The fourth-order valence-electron chi connectivity index (χ4n) is 3.70. The highest BCUT2D eigenvalue weighted by molar-refractivity contribution is 14.0. The molecule has 2 aromatic rings. The van der Waals surface area contributed by atoms with Crippen LogP contribution in [0.4, 0.5) is 0 Å². The van der Waals surface area contributed by atoms with Gasteiger partial charge in [-0.25, -0.2) is 0 Å². The molecule has 7 heteroatoms. The molecule has 5 nitrogen and oxygen atoms in total. The number of halogens is 1. The van der Waals surface area contributed by atoms with Crippen LogP contribution in [0, 0.1) is 19.8 Å². The van der Waals surface area contributed by atoms with Gasteiger partial charge in [0.2, 0.25) is 0 Å². The lowest BCUT2D eigenvalue weighted by Gasteiger charge is -2.21. The molecule has 1 unspecified atom stereocenters. The van der Waals surface area contributed by atoms with E-state index >= 15 is 0 Å². The number of nitrogens with zero attached hydrogens (tertiary/aromatic N) is 4. The minimum Gasteiger partial charge on any atom is -0.356 e. The van der Waals surface area contributed by atoms with E-state index in [0.717, 1.165) is 43.6 Å². The van der Waals surface area contributed by atoms with E-state index in [-0.39, 0.29) is 24.0 Å². The van der Waals surface area contributed by atoms with Gasteiger partial charge in [0.1, 0.15) is 0 Å². The Balaban J connectivity index is 0.00000280. The molecule has 0 spiro atoms. The Hall–Kier alpha value is -1.22. The number of likely N-dealkylation sites (tertiary alicyclic amines) is 1. The van der Waals surface area contributed by atoms with Gasteiger partial charge in [0.25, 0.3) is 0 Å². The van der Waals surface area contributed by atoms with Crippen molar-refractivity contribution in [1.29, 1.82) is 0 Å². The van der Waals surface area contributed by atoms with Crippen LogP contribution in [-0.2, 0) is 13.5 Å². The second-order valence-corrected chi connectivity index (χ2v) is 8.32. The number of thioether (sulfide) groups is 1. The van der Waals surface area contributed by atoms with Gasteiger partial charge in [-0.05, 0) is 50.3 Å². The smallest absolute Gasteiger partial charge is 0.193 e. The lowest BCUT2D eigenvalue weighted by molar-refractivity contribution is 0.475. The summed E-state index contributed by atoms with van der Waals surface area (Å²) >= 11 is 1.96. The molecule has 3 rings (SSSR count). The van der Waals surface area contributed by atoms with Crippen LogP contribution < -0.4 is 5.32 Å². The molecule has 2 heterocycles. The first-order chi connectivity index (χ1) is 13.1. The second kappa shape index (κ2) is 11.1. The van der Waals surface area contributed by atoms with E-state index in [2.05, 4.69) is 64.5 Å². The van der Waals surface area contributed by atoms with E-state index in [1.54, 1.807) is 0 Å². The molecule has 0 radical (unpaired) electrons. The van der Waals surface area contributed by atoms with E-state index in [9.17, 15) is 0 Å². The van der Waals surface area contributed by atoms with Crippen LogP contribution in [0.3, 0.4) is 0 Å². The van der Waals surface area contributed by atoms with Gasteiger partial charge in [-0.1, -0.05) is 18.2 Å². The van der Waals surface area contributed by atoms with Crippen molar-refractivity contribution < 1.29 is 0 Å². The summed E-state index contributed by atoms with van der Waals surface area (Å²) < 4.78 is 1.97. The molecule has 1 fully saturated rings. The van der Waals surface area contributed by atoms with Gasteiger partial charge in [-0.3, -0.25) is 9.67 Å². The molecule has 1 aliphatic heterocycles. The van der Waals surface area contributed by atoms with Gasteiger partial charge >= 0.3 is 0 Å². The van der Waals surface area contributed by atoms with Crippen LogP contribution >= 0.6 is 35.7 Å². The van der Waals surface area contributed by atoms with Crippen molar-refractivity contribution in [2.75, 3.05) is 32.4 Å². The Bertz CT molecular complexity index is 775. The first-order valence-electron chi connectivity index (χ1n) is 9.71. The average Bonchev–Trinajstić information content (AvgIpc) is 3.24. The van der Waals surface area contributed by atoms with Crippen LogP contribution in [0.5, 0.6) is 0 Å². The normalized spacial score (nSPS) is 16.9. The van der Waals surface area contributed by atoms with Gasteiger partial charge in [0.05, 0.1) is 5.69 Å². The van der Waals surface area contributed by atoms with E-state index < -0.39 is 0 Å². The number of guanidine groups is 1. The van der Waals surface area contributed by atoms with Crippen molar-refractivity contribution in [1.82, 2.24) is 20.0 Å². The highest BCUT2D eigenvalue weighted by Crippen LogP contribution is 2.25. The summed E-state index contributed by atoms with van der Waals surface area (Å²) in [5, 5.41) is 8.06. The summed E-state index contributed by atoms with van der Waals surface area (Å²) in [6, 6.07) is 10.7. The maximum absolute atomic E-state index is 4.51. The summed E-state index contributed by atoms with van der Waals surface area (Å²) in [4.78, 5) is 8.27. The Kier molecular flexibility index (Phi) is 9.14. The summed E-state index contributed by atoms with van der Waals surface area (Å²) in [7, 11) is 3.89. The largest absolute Gasteiger partial charge is 0.356 e. The van der Waals surface area contributed by atoms with E-state index in [1.165, 1.54) is 28.3 Å². The van der Waals surface area contributed by atoms with Crippen LogP contribution in [0.15, 0.2) is 40.2 Å². The molecule has 1 aliphatic rings. The Labute approximate surface area is 190 Å². The highest BCUT2D eigenvalue weighted by Gasteiger charge is 2.24. The maximum atomic E-state index is 4.51. The van der Waals surface area contributed by atoms with Gasteiger partial charge in [-0.2, -0.15) is 5.10 Å². The number of nitrogens with one attached hydrogen (secondary N) is 1. The van der Waals surface area contributed by atoms with Crippen LogP contribution in [-0.4, -0.2) is 53.1 Å². The Morgan fingerprint density at radius 1 is 1.29 bits per heavy atom. The summed E-state index contributed by atoms with van der Waals surface area (Å²) in [5.74, 6) is 2.92. The van der Waals surface area contributed by atoms with E-state index in [0.29, 0.717) is 0 Å². The highest BCUT2D eigenvalue weighted by atomic mass is 127. The molecule has 1 aromatic carbocycles. The maximum Gasteiger partial charge on any atom is 0.193 e. The SMILES string of the molecule is CN=C(NCCc1c(C)nn(C)c1C)N1CCC(CSc2ccccc2)C1.I. The molecular formula is C21H32IN5S. The quantitative estimate of drug-likeness (QED) is 0.276. The van der Waals surface area contributed by atoms with Crippen molar-refractivity contribution in [3.05, 3.63) is 47.3 Å². The van der Waals surface area contributed by atoms with Crippen LogP contribution in [0.25, 0.3) is 0 Å². The van der Waals surface area contributed by atoms with Crippen molar-refractivity contribution >= 4 is 41.7 Å². The standard InChI is InChI=1S/C21H31N5S.HI/c1-16-20(17(2)25(4)24-16)10-12-23-21(22-3)26-13-11-18(14-26)15-27-19-8-6-5-7-9-19;/h5-9,18H,10-15H2,1-4H3,(H,22,23);1H. The Morgan fingerprint density at radius 2 is 2.04 bits per heavy atom. The third-order valence-electron chi connectivity index (χ3n) is 5.34. The molecule has 0 aliphatic carbocycles. The molecule has 1 aromatic heterocycles. The summed E-state index contributed by atoms with van der Waals surface area (Å²) in [5.41, 5.74) is 3.73. The Morgan fingerprint density at radius 3 is 2.68 bits per heavy atom. The van der Waals surface area contributed by atoms with Crippen LogP contribution in [0.1, 0.15) is 23.4 Å². The van der Waals surface area contributed by atoms with E-state index in [4.69, 9.17) is 0 Å². The molecule has 0 saturated carbocycles. The second-order valence-electron chi connectivity index (χ2n) is 7.22. The average molecular weight is 513 g/mol. The minimum atomic E-state index is 0. The molecule has 154 valence electrons. The van der Waals surface area contributed by atoms with Crippen molar-refractivity contribution in [2.45, 2.75) is 31.6 Å². The summed E-state index contributed by atoms with van der Waals surface area (Å²) in [6.07, 6.45) is 2.22. The predicted molar refractivity (Wildman–Crippen MR) is 130 cm³/mol. The lowest BCUT2D eigenvalue weighted by atomic mass is 10.1. The van der Waals surface area contributed by atoms with Gasteiger partial charge in [0, 0.05) is 50.1 Å². The zero-order valence-corrected chi connectivity index (χ0v) is 20.5.